The van der Waals surface area contributed by atoms with Gasteiger partial charge in [0, 0.05) is 15.5 Å². The molecular formula is C24H25BrN2O4. The average molecular weight is 485 g/mol. The van der Waals surface area contributed by atoms with Gasteiger partial charge in [0.25, 0.3) is 5.56 Å². The standard InChI is InChI=1S/C24H25BrN2O4/c1-14(28)15-7-10-17(11-8-15)27-20-13-16(25)9-12-19(20)22(26)21(23(27)29)24(30)31-18-5-3-2-4-6-18/h7-14,18,28H,2-6,26H2,1H3. The van der Waals surface area contributed by atoms with Gasteiger partial charge in [-0.25, -0.2) is 4.79 Å². The van der Waals surface area contributed by atoms with E-state index in [0.717, 1.165) is 42.1 Å². The molecule has 0 aliphatic heterocycles. The van der Waals surface area contributed by atoms with Gasteiger partial charge in [-0.05, 0) is 68.5 Å². The molecule has 1 aliphatic carbocycles. The van der Waals surface area contributed by atoms with E-state index in [2.05, 4.69) is 15.9 Å². The van der Waals surface area contributed by atoms with Crippen LogP contribution in [-0.4, -0.2) is 21.7 Å². The second-order valence-corrected chi connectivity index (χ2v) is 8.94. The molecule has 3 aromatic rings. The molecular weight excluding hydrogens is 460 g/mol. The quantitative estimate of drug-likeness (QED) is 0.514. The Morgan fingerprint density at radius 1 is 1.16 bits per heavy atom. The van der Waals surface area contributed by atoms with Crippen LogP contribution in [0.5, 0.6) is 0 Å². The van der Waals surface area contributed by atoms with Gasteiger partial charge in [-0.3, -0.25) is 9.36 Å². The predicted octanol–water partition coefficient (Wildman–Crippen LogP) is 4.88. The number of nitrogens with two attached hydrogens (primary N) is 1. The Bertz CT molecular complexity index is 1180. The van der Waals surface area contributed by atoms with Crippen LogP contribution in [0.2, 0.25) is 0 Å². The first-order valence-corrected chi connectivity index (χ1v) is 11.3. The maximum atomic E-state index is 13.5. The molecule has 3 N–H and O–H groups in total. The van der Waals surface area contributed by atoms with Crippen LogP contribution < -0.4 is 11.3 Å². The van der Waals surface area contributed by atoms with Crippen molar-refractivity contribution >= 4 is 38.5 Å². The number of hydrogen-bond acceptors (Lipinski definition) is 5. The average Bonchev–Trinajstić information content (AvgIpc) is 2.74. The number of rotatable bonds is 4. The van der Waals surface area contributed by atoms with Crippen LogP contribution in [0, 0.1) is 0 Å². The molecule has 162 valence electrons. The molecule has 4 rings (SSSR count). The molecule has 1 unspecified atom stereocenters. The van der Waals surface area contributed by atoms with E-state index in [0.29, 0.717) is 16.6 Å². The van der Waals surface area contributed by atoms with Crippen LogP contribution in [0.25, 0.3) is 16.6 Å². The zero-order valence-electron chi connectivity index (χ0n) is 17.3. The Morgan fingerprint density at radius 2 is 1.84 bits per heavy atom. The number of nitrogen functional groups attached to an aromatic ring is 1. The number of aliphatic hydroxyl groups is 1. The van der Waals surface area contributed by atoms with Crippen LogP contribution in [0.3, 0.4) is 0 Å². The monoisotopic (exact) mass is 484 g/mol. The Morgan fingerprint density at radius 3 is 2.48 bits per heavy atom. The number of ether oxygens (including phenoxy) is 1. The van der Waals surface area contributed by atoms with Crippen LogP contribution in [0.1, 0.15) is 61.1 Å². The summed E-state index contributed by atoms with van der Waals surface area (Å²) in [6.45, 7) is 1.68. The van der Waals surface area contributed by atoms with E-state index >= 15 is 0 Å². The van der Waals surface area contributed by atoms with Crippen molar-refractivity contribution in [3.63, 3.8) is 0 Å². The smallest absolute Gasteiger partial charge is 0.346 e. The van der Waals surface area contributed by atoms with Gasteiger partial charge in [0.1, 0.15) is 11.7 Å². The van der Waals surface area contributed by atoms with E-state index in [-0.39, 0.29) is 17.4 Å². The summed E-state index contributed by atoms with van der Waals surface area (Å²) in [7, 11) is 0. The highest BCUT2D eigenvalue weighted by atomic mass is 79.9. The first-order valence-electron chi connectivity index (χ1n) is 10.5. The molecule has 6 nitrogen and oxygen atoms in total. The molecule has 0 saturated heterocycles. The minimum atomic E-state index is -0.673. The Hall–Kier alpha value is -2.64. The fourth-order valence-corrected chi connectivity index (χ4v) is 4.49. The van der Waals surface area contributed by atoms with E-state index in [1.54, 1.807) is 43.3 Å². The van der Waals surface area contributed by atoms with E-state index < -0.39 is 17.6 Å². The molecule has 31 heavy (non-hydrogen) atoms. The topological polar surface area (TPSA) is 94.5 Å². The maximum absolute atomic E-state index is 13.5. The van der Waals surface area contributed by atoms with E-state index in [1.807, 2.05) is 6.07 Å². The van der Waals surface area contributed by atoms with Crippen LogP contribution in [-0.2, 0) is 4.74 Å². The Kier molecular flexibility index (Phi) is 6.16. The number of aliphatic hydroxyl groups excluding tert-OH is 1. The normalized spacial score (nSPS) is 15.7. The summed E-state index contributed by atoms with van der Waals surface area (Å²) in [5, 5.41) is 10.4. The summed E-state index contributed by atoms with van der Waals surface area (Å²) in [6, 6.07) is 12.4. The zero-order chi connectivity index (χ0) is 22.1. The number of carbonyl (C=O) groups excluding carboxylic acids is 1. The van der Waals surface area contributed by atoms with Crippen LogP contribution in [0.4, 0.5) is 5.69 Å². The molecule has 1 aliphatic rings. The highest BCUT2D eigenvalue weighted by Gasteiger charge is 2.26. The van der Waals surface area contributed by atoms with Crippen molar-refractivity contribution in [2.45, 2.75) is 51.2 Å². The third-order valence-electron chi connectivity index (χ3n) is 5.84. The molecule has 1 atom stereocenters. The lowest BCUT2D eigenvalue weighted by atomic mass is 9.98. The minimum Gasteiger partial charge on any atom is -0.459 e. The van der Waals surface area contributed by atoms with E-state index in [1.165, 1.54) is 4.57 Å². The number of pyridine rings is 1. The van der Waals surface area contributed by atoms with Crippen molar-refractivity contribution in [2.75, 3.05) is 5.73 Å². The first-order chi connectivity index (χ1) is 14.9. The second-order valence-electron chi connectivity index (χ2n) is 8.02. The number of carbonyl (C=O) groups is 1. The fourth-order valence-electron chi connectivity index (χ4n) is 4.14. The van der Waals surface area contributed by atoms with Crippen molar-refractivity contribution < 1.29 is 14.6 Å². The highest BCUT2D eigenvalue weighted by molar-refractivity contribution is 9.10. The summed E-state index contributed by atoms with van der Waals surface area (Å²) in [5.41, 5.74) is 7.68. The molecule has 0 bridgehead atoms. The van der Waals surface area contributed by atoms with E-state index in [9.17, 15) is 14.7 Å². The molecule has 1 saturated carbocycles. The predicted molar refractivity (Wildman–Crippen MR) is 125 cm³/mol. The van der Waals surface area contributed by atoms with Crippen molar-refractivity contribution in [3.05, 3.63) is 68.4 Å². The lowest BCUT2D eigenvalue weighted by molar-refractivity contribution is 0.0210. The van der Waals surface area contributed by atoms with Crippen molar-refractivity contribution in [1.29, 1.82) is 0 Å². The molecule has 1 aromatic heterocycles. The van der Waals surface area contributed by atoms with Crippen LogP contribution >= 0.6 is 15.9 Å². The van der Waals surface area contributed by atoms with Gasteiger partial charge in [0.05, 0.1) is 17.3 Å². The summed E-state index contributed by atoms with van der Waals surface area (Å²) in [4.78, 5) is 26.6. The molecule has 0 radical (unpaired) electrons. The van der Waals surface area contributed by atoms with Gasteiger partial charge in [-0.2, -0.15) is 0 Å². The summed E-state index contributed by atoms with van der Waals surface area (Å²) < 4.78 is 7.93. The highest BCUT2D eigenvalue weighted by Crippen LogP contribution is 2.29. The summed E-state index contributed by atoms with van der Waals surface area (Å²) in [6.07, 6.45) is 3.97. The van der Waals surface area contributed by atoms with Gasteiger partial charge >= 0.3 is 5.97 Å². The molecule has 1 fully saturated rings. The number of benzene rings is 2. The van der Waals surface area contributed by atoms with Gasteiger partial charge in [0.2, 0.25) is 0 Å². The third-order valence-corrected chi connectivity index (χ3v) is 6.33. The lowest BCUT2D eigenvalue weighted by Crippen LogP contribution is -2.31. The number of halogens is 1. The molecule has 7 heteroatoms. The molecule has 0 spiro atoms. The van der Waals surface area contributed by atoms with Gasteiger partial charge < -0.3 is 15.6 Å². The number of anilines is 1. The first kappa shape index (κ1) is 21.6. The molecule has 1 heterocycles. The van der Waals surface area contributed by atoms with Gasteiger partial charge in [-0.1, -0.05) is 34.5 Å². The van der Waals surface area contributed by atoms with Gasteiger partial charge in [0.15, 0.2) is 0 Å². The maximum Gasteiger partial charge on any atom is 0.346 e. The largest absolute Gasteiger partial charge is 0.459 e. The number of esters is 1. The zero-order valence-corrected chi connectivity index (χ0v) is 18.9. The Labute approximate surface area is 188 Å². The summed E-state index contributed by atoms with van der Waals surface area (Å²) in [5.74, 6) is -0.673. The molecule has 0 amide bonds. The van der Waals surface area contributed by atoms with Gasteiger partial charge in [-0.15, -0.1) is 0 Å². The van der Waals surface area contributed by atoms with Crippen molar-refractivity contribution in [3.8, 4) is 5.69 Å². The molecule has 2 aromatic carbocycles. The van der Waals surface area contributed by atoms with Crippen molar-refractivity contribution in [1.82, 2.24) is 4.57 Å². The number of hydrogen-bond donors (Lipinski definition) is 2. The number of fused-ring (bicyclic) bond motifs is 1. The van der Waals surface area contributed by atoms with Crippen molar-refractivity contribution in [2.24, 2.45) is 0 Å². The number of nitrogens with zero attached hydrogens (tertiary/aromatic N) is 1. The third kappa shape index (κ3) is 4.25. The second kappa shape index (κ2) is 8.85. The minimum absolute atomic E-state index is 0.130. The SMILES string of the molecule is CC(O)c1ccc(-n2c(=O)c(C(=O)OC3CCCCC3)c(N)c3ccc(Br)cc32)cc1. The Balaban J connectivity index is 1.88. The number of aromatic nitrogens is 1. The fraction of sp³-hybridized carbons (Fsp3) is 0.333. The van der Waals surface area contributed by atoms with Crippen LogP contribution in [0.15, 0.2) is 51.7 Å². The lowest BCUT2D eigenvalue weighted by Gasteiger charge is -2.22. The summed E-state index contributed by atoms with van der Waals surface area (Å²) >= 11 is 3.45. The van der Waals surface area contributed by atoms with E-state index in [4.69, 9.17) is 10.5 Å².